The molecule has 2 aromatic carbocycles. The average molecular weight is 669 g/mol. The van der Waals surface area contributed by atoms with Gasteiger partial charge in [0.1, 0.15) is 0 Å². The molecule has 46 heavy (non-hydrogen) atoms. The van der Waals surface area contributed by atoms with Gasteiger partial charge in [-0.25, -0.2) is 9.59 Å². The Hall–Kier alpha value is -3.65. The summed E-state index contributed by atoms with van der Waals surface area (Å²) in [6, 6.07) is 1.36. The molecule has 0 radical (unpaired) electrons. The van der Waals surface area contributed by atoms with Crippen LogP contribution in [0.5, 0.6) is 0 Å². The van der Waals surface area contributed by atoms with E-state index in [0.717, 1.165) is 49.5 Å². The molecule has 254 valence electrons. The van der Waals surface area contributed by atoms with E-state index in [-0.39, 0.29) is 29.7 Å². The minimum absolute atomic E-state index is 0.0144. The number of alkyl halides is 9. The molecule has 0 aromatic heterocycles. The third kappa shape index (κ3) is 7.83. The Morgan fingerprint density at radius 3 is 1.91 bits per heavy atom. The van der Waals surface area contributed by atoms with Gasteiger partial charge in [0.05, 0.1) is 41.6 Å². The second kappa shape index (κ2) is 13.2. The van der Waals surface area contributed by atoms with Crippen LogP contribution in [0.4, 0.5) is 54.8 Å². The maximum atomic E-state index is 13.9. The molecule has 0 bridgehead atoms. The highest BCUT2D eigenvalue weighted by atomic mass is 19.4. The zero-order valence-electron chi connectivity index (χ0n) is 25.2. The maximum Gasteiger partial charge on any atom is 0.416 e. The third-order valence-corrected chi connectivity index (χ3v) is 8.28. The van der Waals surface area contributed by atoms with Crippen molar-refractivity contribution in [1.82, 2.24) is 4.90 Å². The molecule has 2 atom stereocenters. The first-order valence-electron chi connectivity index (χ1n) is 14.6. The monoisotopic (exact) mass is 668 g/mol. The summed E-state index contributed by atoms with van der Waals surface area (Å²) in [5, 5.41) is 0. The normalized spacial score (nSPS) is 19.5. The molecule has 0 spiro atoms. The van der Waals surface area contributed by atoms with Crippen molar-refractivity contribution in [2.75, 3.05) is 12.0 Å². The molecule has 4 rings (SSSR count). The lowest BCUT2D eigenvalue weighted by Crippen LogP contribution is -2.52. The van der Waals surface area contributed by atoms with Gasteiger partial charge in [0.2, 0.25) is 0 Å². The highest BCUT2D eigenvalue weighted by molar-refractivity contribution is 5.91. The fourth-order valence-electron chi connectivity index (χ4n) is 6.29. The zero-order valence-corrected chi connectivity index (χ0v) is 25.2. The first-order valence-corrected chi connectivity index (χ1v) is 14.6. The van der Waals surface area contributed by atoms with Crippen LogP contribution in [0.25, 0.3) is 0 Å². The van der Waals surface area contributed by atoms with Crippen molar-refractivity contribution < 1.29 is 58.6 Å². The van der Waals surface area contributed by atoms with Crippen LogP contribution in [-0.2, 0) is 34.5 Å². The number of ether oxygens (including phenoxy) is 2. The lowest BCUT2D eigenvalue weighted by Gasteiger charge is -2.47. The van der Waals surface area contributed by atoms with Crippen molar-refractivity contribution in [3.8, 4) is 0 Å². The Morgan fingerprint density at radius 2 is 1.41 bits per heavy atom. The number of carbonyl (C=O) groups is 2. The minimum Gasteiger partial charge on any atom is -0.453 e. The van der Waals surface area contributed by atoms with Crippen molar-refractivity contribution >= 4 is 17.9 Å². The van der Waals surface area contributed by atoms with Gasteiger partial charge in [0, 0.05) is 12.6 Å². The number of hydrogen-bond acceptors (Lipinski definition) is 4. The highest BCUT2D eigenvalue weighted by Crippen LogP contribution is 2.48. The molecular formula is C31H33F9N2O4. The molecule has 2 amide bonds. The summed E-state index contributed by atoms with van der Waals surface area (Å²) in [5.41, 5.74) is -5.14. The smallest absolute Gasteiger partial charge is 0.416 e. The summed E-state index contributed by atoms with van der Waals surface area (Å²) in [6.45, 7) is 2.32. The van der Waals surface area contributed by atoms with Gasteiger partial charge in [-0.05, 0) is 86.6 Å². The van der Waals surface area contributed by atoms with E-state index in [9.17, 15) is 49.1 Å². The molecule has 1 heterocycles. The summed E-state index contributed by atoms with van der Waals surface area (Å²) in [6.07, 6.45) is -14.2. The maximum absolute atomic E-state index is 13.9. The number of rotatable bonds is 5. The molecule has 0 saturated heterocycles. The van der Waals surface area contributed by atoms with Crippen LogP contribution < -0.4 is 4.90 Å². The Labute approximate surface area is 259 Å². The number of hydrogen-bond donors (Lipinski definition) is 0. The van der Waals surface area contributed by atoms with Gasteiger partial charge >= 0.3 is 30.7 Å². The van der Waals surface area contributed by atoms with Crippen molar-refractivity contribution in [2.24, 2.45) is 5.92 Å². The fraction of sp³-hybridized carbons (Fsp3) is 0.548. The lowest BCUT2D eigenvalue weighted by molar-refractivity contribution is -0.143. The van der Waals surface area contributed by atoms with E-state index in [1.54, 1.807) is 13.8 Å². The van der Waals surface area contributed by atoms with Gasteiger partial charge in [0.15, 0.2) is 0 Å². The summed E-state index contributed by atoms with van der Waals surface area (Å²) in [7, 11) is 0.934. The molecule has 2 unspecified atom stereocenters. The highest BCUT2D eigenvalue weighted by Gasteiger charge is 2.46. The van der Waals surface area contributed by atoms with Crippen molar-refractivity contribution in [1.29, 1.82) is 0 Å². The molecule has 1 aliphatic carbocycles. The predicted octanol–water partition coefficient (Wildman–Crippen LogP) is 9.76. The molecule has 2 aromatic rings. The van der Waals surface area contributed by atoms with E-state index in [2.05, 4.69) is 0 Å². The molecule has 6 nitrogen and oxygen atoms in total. The van der Waals surface area contributed by atoms with E-state index < -0.39 is 77.7 Å². The average Bonchev–Trinajstić information content (AvgIpc) is 2.97. The Morgan fingerprint density at radius 1 is 0.848 bits per heavy atom. The van der Waals surface area contributed by atoms with Crippen LogP contribution in [0.15, 0.2) is 36.4 Å². The minimum atomic E-state index is -5.17. The first-order chi connectivity index (χ1) is 21.3. The van der Waals surface area contributed by atoms with Crippen LogP contribution in [0, 0.1) is 5.92 Å². The summed E-state index contributed by atoms with van der Waals surface area (Å²) in [5.74, 6) is -0.184. The zero-order chi connectivity index (χ0) is 34.2. The van der Waals surface area contributed by atoms with Crippen LogP contribution >= 0.6 is 0 Å². The second-order valence-corrected chi connectivity index (χ2v) is 11.8. The van der Waals surface area contributed by atoms with Crippen LogP contribution in [0.3, 0.4) is 0 Å². The van der Waals surface area contributed by atoms with Crippen molar-refractivity contribution in [3.05, 3.63) is 64.2 Å². The van der Waals surface area contributed by atoms with Gasteiger partial charge in [0.25, 0.3) is 0 Å². The quantitative estimate of drug-likeness (QED) is 0.298. The molecule has 1 aliphatic heterocycles. The standard InChI is InChI=1S/C31H33F9N2O4/c1-17(2)46-28(44)42-24-10-9-20(29(32,33)34)14-23(24)26(15-25(42)19-7-5-4-6-8-19)41(27(43)45-3)16-18-11-21(30(35,36)37)13-22(12-18)31(38,39)40/h9-14,17,19,25-26H,4-8,15-16H2,1-3H3. The molecule has 0 N–H and O–H groups in total. The van der Waals surface area contributed by atoms with E-state index in [4.69, 9.17) is 9.47 Å². The van der Waals surface area contributed by atoms with Gasteiger partial charge in [-0.1, -0.05) is 19.3 Å². The summed E-state index contributed by atoms with van der Waals surface area (Å²) in [4.78, 5) is 28.8. The van der Waals surface area contributed by atoms with Gasteiger partial charge < -0.3 is 9.47 Å². The lowest BCUT2D eigenvalue weighted by atomic mass is 9.77. The van der Waals surface area contributed by atoms with Crippen LogP contribution in [0.2, 0.25) is 0 Å². The van der Waals surface area contributed by atoms with Crippen molar-refractivity contribution in [2.45, 2.75) is 95.6 Å². The van der Waals surface area contributed by atoms with Crippen molar-refractivity contribution in [3.63, 3.8) is 0 Å². The summed E-state index contributed by atoms with van der Waals surface area (Å²) >= 11 is 0. The SMILES string of the molecule is COC(=O)N(Cc1cc(C(F)(F)F)cc(C(F)(F)F)c1)C1CC(C2CCCCC2)N(C(=O)OC(C)C)c2ccc(C(F)(F)F)cc21. The first kappa shape index (κ1) is 35.2. The van der Waals surface area contributed by atoms with E-state index in [1.165, 1.54) is 4.90 Å². The molecule has 2 aliphatic rings. The number of anilines is 1. The van der Waals surface area contributed by atoms with E-state index >= 15 is 0 Å². The van der Waals surface area contributed by atoms with Gasteiger partial charge in [-0.2, -0.15) is 39.5 Å². The largest absolute Gasteiger partial charge is 0.453 e. The molecule has 1 fully saturated rings. The summed E-state index contributed by atoms with van der Waals surface area (Å²) < 4.78 is 134. The molecule has 15 heteroatoms. The topological polar surface area (TPSA) is 59.1 Å². The predicted molar refractivity (Wildman–Crippen MR) is 148 cm³/mol. The number of benzene rings is 2. The number of methoxy groups -OCH3 is 1. The van der Waals surface area contributed by atoms with E-state index in [0.29, 0.717) is 25.0 Å². The Bertz CT molecular complexity index is 1380. The van der Waals surface area contributed by atoms with E-state index in [1.807, 2.05) is 0 Å². The Kier molecular flexibility index (Phi) is 10.1. The van der Waals surface area contributed by atoms with Crippen LogP contribution in [0.1, 0.15) is 86.2 Å². The second-order valence-electron chi connectivity index (χ2n) is 11.8. The van der Waals surface area contributed by atoms with Gasteiger partial charge in [-0.15, -0.1) is 0 Å². The third-order valence-electron chi connectivity index (χ3n) is 8.28. The Balaban J connectivity index is 1.92. The molecular weight excluding hydrogens is 635 g/mol. The number of halogens is 9. The number of nitrogens with zero attached hydrogens (tertiary/aromatic N) is 2. The molecule has 1 saturated carbocycles. The fourth-order valence-corrected chi connectivity index (χ4v) is 6.29. The van der Waals surface area contributed by atoms with Crippen LogP contribution in [-0.4, -0.2) is 36.3 Å². The van der Waals surface area contributed by atoms with Gasteiger partial charge in [-0.3, -0.25) is 9.80 Å². The number of carbonyl (C=O) groups excluding carboxylic acids is 2. The number of amides is 2. The number of fused-ring (bicyclic) bond motifs is 1.